The van der Waals surface area contributed by atoms with Crippen molar-refractivity contribution in [2.75, 3.05) is 5.32 Å². The molecule has 0 fully saturated rings. The Morgan fingerprint density at radius 2 is 2.10 bits per heavy atom. The zero-order valence-corrected chi connectivity index (χ0v) is 13.8. The quantitative estimate of drug-likeness (QED) is 0.673. The van der Waals surface area contributed by atoms with Gasteiger partial charge in [0.1, 0.15) is 0 Å². The van der Waals surface area contributed by atoms with Gasteiger partial charge in [-0.15, -0.1) is 11.3 Å². The fourth-order valence-electron chi connectivity index (χ4n) is 2.20. The van der Waals surface area contributed by atoms with Gasteiger partial charge in [0, 0.05) is 16.4 Å². The highest BCUT2D eigenvalue weighted by Gasteiger charge is 2.09. The van der Waals surface area contributed by atoms with Crippen LogP contribution < -0.4 is 5.32 Å². The van der Waals surface area contributed by atoms with Gasteiger partial charge in [0.15, 0.2) is 0 Å². The highest BCUT2D eigenvalue weighted by Crippen LogP contribution is 2.27. The number of nitrogens with one attached hydrogen (secondary N) is 1. The molecule has 1 aromatic carbocycles. The number of fused-ring (bicyclic) bond motifs is 1. The second-order valence-electron chi connectivity index (χ2n) is 4.90. The number of aromatic nitrogens is 1. The number of nitrogens with zero attached hydrogens (tertiary/aromatic N) is 1. The smallest absolute Gasteiger partial charge is 0.0809 e. The Morgan fingerprint density at radius 3 is 2.90 bits per heavy atom. The van der Waals surface area contributed by atoms with Gasteiger partial charge in [-0.1, -0.05) is 15.9 Å². The molecule has 2 aromatic heterocycles. The fourth-order valence-corrected chi connectivity index (χ4v) is 3.47. The van der Waals surface area contributed by atoms with Gasteiger partial charge >= 0.3 is 0 Å². The van der Waals surface area contributed by atoms with Crippen LogP contribution in [0.2, 0.25) is 0 Å². The number of anilines is 1. The first-order valence-electron chi connectivity index (χ1n) is 6.49. The summed E-state index contributed by atoms with van der Waals surface area (Å²) >= 11 is 5.23. The molecule has 0 spiro atoms. The Kier molecular flexibility index (Phi) is 3.76. The molecule has 0 amide bonds. The van der Waals surface area contributed by atoms with E-state index < -0.39 is 0 Å². The lowest BCUT2D eigenvalue weighted by molar-refractivity contribution is 0.878. The molecule has 20 heavy (non-hydrogen) atoms. The number of rotatable bonds is 3. The summed E-state index contributed by atoms with van der Waals surface area (Å²) in [5.41, 5.74) is 4.68. The van der Waals surface area contributed by atoms with Crippen molar-refractivity contribution >= 4 is 43.2 Å². The molecule has 2 nitrogen and oxygen atoms in total. The number of pyridine rings is 1. The third kappa shape index (κ3) is 2.72. The molecule has 102 valence electrons. The first-order chi connectivity index (χ1) is 9.63. The number of benzene rings is 1. The number of hydrogen-bond donors (Lipinski definition) is 1. The second-order valence-corrected chi connectivity index (χ2v) is 6.76. The summed E-state index contributed by atoms with van der Waals surface area (Å²) in [5, 5.41) is 5.64. The van der Waals surface area contributed by atoms with Gasteiger partial charge in [-0.2, -0.15) is 0 Å². The summed E-state index contributed by atoms with van der Waals surface area (Å²) in [5.74, 6) is 0. The third-order valence-electron chi connectivity index (χ3n) is 3.38. The molecule has 0 aliphatic carbocycles. The molecule has 0 aliphatic rings. The number of hydrogen-bond acceptors (Lipinski definition) is 3. The zero-order valence-electron chi connectivity index (χ0n) is 11.4. The van der Waals surface area contributed by atoms with E-state index in [9.17, 15) is 0 Å². The maximum absolute atomic E-state index is 4.50. The highest BCUT2D eigenvalue weighted by atomic mass is 79.9. The van der Waals surface area contributed by atoms with E-state index in [1.54, 1.807) is 11.3 Å². The van der Waals surface area contributed by atoms with Crippen LogP contribution in [0, 0.1) is 6.92 Å². The molecule has 0 radical (unpaired) electrons. The maximum Gasteiger partial charge on any atom is 0.0809 e. The normalized spacial score (nSPS) is 12.6. The molecular weight excluding hydrogens is 332 g/mol. The van der Waals surface area contributed by atoms with E-state index in [0.29, 0.717) is 0 Å². The standard InChI is InChI=1S/C16H15BrN2S/c1-10-7-13(17)3-4-14(10)19-11(2)12-8-16-15(18-9-12)5-6-20-16/h3-9,11,19H,1-2H3. The molecule has 1 N–H and O–H groups in total. The second kappa shape index (κ2) is 5.54. The van der Waals surface area contributed by atoms with Crippen LogP contribution in [-0.2, 0) is 0 Å². The first-order valence-corrected chi connectivity index (χ1v) is 8.16. The van der Waals surface area contributed by atoms with Crippen LogP contribution in [0.25, 0.3) is 10.2 Å². The molecular formula is C16H15BrN2S. The lowest BCUT2D eigenvalue weighted by atomic mass is 10.1. The Morgan fingerprint density at radius 1 is 1.25 bits per heavy atom. The highest BCUT2D eigenvalue weighted by molar-refractivity contribution is 9.10. The van der Waals surface area contributed by atoms with Gasteiger partial charge in [0.05, 0.1) is 16.3 Å². The van der Waals surface area contributed by atoms with E-state index in [-0.39, 0.29) is 6.04 Å². The molecule has 3 rings (SSSR count). The van der Waals surface area contributed by atoms with E-state index in [4.69, 9.17) is 0 Å². The third-order valence-corrected chi connectivity index (χ3v) is 4.73. The molecule has 2 heterocycles. The monoisotopic (exact) mass is 346 g/mol. The Balaban J connectivity index is 1.86. The SMILES string of the molecule is Cc1cc(Br)ccc1NC(C)c1cnc2ccsc2c1. The zero-order chi connectivity index (χ0) is 14.1. The van der Waals surface area contributed by atoms with Crippen molar-refractivity contribution in [2.24, 2.45) is 0 Å². The average Bonchev–Trinajstić information content (AvgIpc) is 2.89. The molecule has 0 saturated heterocycles. The van der Waals surface area contributed by atoms with Crippen LogP contribution in [0.15, 0.2) is 46.4 Å². The van der Waals surface area contributed by atoms with Crippen molar-refractivity contribution in [3.8, 4) is 0 Å². The van der Waals surface area contributed by atoms with Crippen LogP contribution in [0.5, 0.6) is 0 Å². The Labute approximate surface area is 131 Å². The van der Waals surface area contributed by atoms with E-state index in [1.807, 2.05) is 6.20 Å². The topological polar surface area (TPSA) is 24.9 Å². The van der Waals surface area contributed by atoms with E-state index in [0.717, 1.165) is 15.7 Å². The number of thiophene rings is 1. The van der Waals surface area contributed by atoms with Crippen molar-refractivity contribution in [1.82, 2.24) is 4.98 Å². The molecule has 3 aromatic rings. The van der Waals surface area contributed by atoms with Crippen molar-refractivity contribution < 1.29 is 0 Å². The van der Waals surface area contributed by atoms with E-state index >= 15 is 0 Å². The predicted octanol–water partition coefficient (Wildman–Crippen LogP) is 5.54. The summed E-state index contributed by atoms with van der Waals surface area (Å²) in [6.45, 7) is 4.28. The summed E-state index contributed by atoms with van der Waals surface area (Å²) < 4.78 is 2.35. The van der Waals surface area contributed by atoms with Crippen molar-refractivity contribution in [3.05, 3.63) is 57.5 Å². The lowest BCUT2D eigenvalue weighted by Crippen LogP contribution is -2.07. The van der Waals surface area contributed by atoms with Crippen LogP contribution in [-0.4, -0.2) is 4.98 Å². The van der Waals surface area contributed by atoms with Crippen LogP contribution in [0.1, 0.15) is 24.1 Å². The fraction of sp³-hybridized carbons (Fsp3) is 0.188. The number of halogens is 1. The molecule has 1 atom stereocenters. The molecule has 4 heteroatoms. The Hall–Kier alpha value is -1.39. The minimum atomic E-state index is 0.230. The van der Waals surface area contributed by atoms with Crippen LogP contribution in [0.3, 0.4) is 0 Å². The molecule has 0 saturated carbocycles. The predicted molar refractivity (Wildman–Crippen MR) is 90.5 cm³/mol. The summed E-state index contributed by atoms with van der Waals surface area (Å²) in [6, 6.07) is 10.8. The molecule has 1 unspecified atom stereocenters. The lowest BCUT2D eigenvalue weighted by Gasteiger charge is -2.17. The van der Waals surface area contributed by atoms with Gasteiger partial charge in [0.2, 0.25) is 0 Å². The van der Waals surface area contributed by atoms with Crippen molar-refractivity contribution in [3.63, 3.8) is 0 Å². The number of aryl methyl sites for hydroxylation is 1. The minimum Gasteiger partial charge on any atom is -0.378 e. The van der Waals surface area contributed by atoms with Gasteiger partial charge in [0.25, 0.3) is 0 Å². The van der Waals surface area contributed by atoms with Gasteiger partial charge in [-0.3, -0.25) is 4.98 Å². The van der Waals surface area contributed by atoms with Crippen LogP contribution in [0.4, 0.5) is 5.69 Å². The summed E-state index contributed by atoms with van der Waals surface area (Å²) in [6.07, 6.45) is 1.96. The van der Waals surface area contributed by atoms with Gasteiger partial charge in [-0.05, 0) is 60.7 Å². The maximum atomic E-state index is 4.50. The van der Waals surface area contributed by atoms with Gasteiger partial charge < -0.3 is 5.32 Å². The minimum absolute atomic E-state index is 0.230. The summed E-state index contributed by atoms with van der Waals surface area (Å²) in [7, 11) is 0. The molecule has 0 bridgehead atoms. The Bertz CT molecular complexity index is 751. The van der Waals surface area contributed by atoms with Crippen LogP contribution >= 0.6 is 27.3 Å². The largest absolute Gasteiger partial charge is 0.378 e. The average molecular weight is 347 g/mol. The van der Waals surface area contributed by atoms with Crippen molar-refractivity contribution in [1.29, 1.82) is 0 Å². The van der Waals surface area contributed by atoms with Crippen molar-refractivity contribution in [2.45, 2.75) is 19.9 Å². The van der Waals surface area contributed by atoms with E-state index in [1.165, 1.54) is 15.8 Å². The first kappa shape index (κ1) is 13.6. The van der Waals surface area contributed by atoms with Gasteiger partial charge in [-0.25, -0.2) is 0 Å². The molecule has 0 aliphatic heterocycles. The summed E-state index contributed by atoms with van der Waals surface area (Å²) in [4.78, 5) is 4.50. The van der Waals surface area contributed by atoms with E-state index in [2.05, 4.69) is 75.8 Å².